The van der Waals surface area contributed by atoms with Crippen LogP contribution in [0.25, 0.3) is 0 Å². The van der Waals surface area contributed by atoms with Crippen molar-refractivity contribution in [2.75, 3.05) is 0 Å². The number of H-pyrrole nitrogens is 1. The van der Waals surface area contributed by atoms with E-state index < -0.39 is 5.92 Å². The van der Waals surface area contributed by atoms with Crippen molar-refractivity contribution in [3.8, 4) is 0 Å². The maximum Gasteiger partial charge on any atom is 0.234 e. The van der Waals surface area contributed by atoms with E-state index in [0.717, 1.165) is 11.1 Å². The van der Waals surface area contributed by atoms with E-state index in [1.165, 1.54) is 0 Å². The number of nitrogens with zero attached hydrogens (tertiary/aromatic N) is 1. The van der Waals surface area contributed by atoms with Crippen molar-refractivity contribution >= 4 is 23.1 Å². The molecule has 0 aliphatic rings. The smallest absolute Gasteiger partial charge is 0.234 e. The number of rotatable bonds is 5. The molecule has 1 amide bonds. The van der Waals surface area contributed by atoms with Gasteiger partial charge in [-0.15, -0.1) is 0 Å². The van der Waals surface area contributed by atoms with Gasteiger partial charge in [0.2, 0.25) is 5.91 Å². The Morgan fingerprint density at radius 2 is 2.16 bits per heavy atom. The lowest BCUT2D eigenvalue weighted by Gasteiger charge is -2.15. The van der Waals surface area contributed by atoms with Gasteiger partial charge in [-0.2, -0.15) is 5.10 Å². The summed E-state index contributed by atoms with van der Waals surface area (Å²) >= 11 is 4.99. The first kappa shape index (κ1) is 13.2. The van der Waals surface area contributed by atoms with Crippen molar-refractivity contribution in [2.24, 2.45) is 5.73 Å². The Bertz CT molecular complexity index is 553. The van der Waals surface area contributed by atoms with Gasteiger partial charge in [0.15, 0.2) is 0 Å². The number of hydrogen-bond acceptors (Lipinski definition) is 3. The summed E-state index contributed by atoms with van der Waals surface area (Å²) in [6.07, 6.45) is 3.37. The van der Waals surface area contributed by atoms with E-state index in [2.05, 4.69) is 15.5 Å². The van der Waals surface area contributed by atoms with E-state index in [1.54, 1.807) is 12.4 Å². The van der Waals surface area contributed by atoms with Gasteiger partial charge in [-0.3, -0.25) is 9.89 Å². The monoisotopic (exact) mass is 274 g/mol. The second-order valence-electron chi connectivity index (χ2n) is 4.07. The first-order valence-electron chi connectivity index (χ1n) is 5.78. The summed E-state index contributed by atoms with van der Waals surface area (Å²) in [5.41, 5.74) is 7.35. The molecule has 0 bridgehead atoms. The topological polar surface area (TPSA) is 83.8 Å². The van der Waals surface area contributed by atoms with Crippen molar-refractivity contribution in [2.45, 2.75) is 12.5 Å². The van der Waals surface area contributed by atoms with Gasteiger partial charge in [0.1, 0.15) is 5.92 Å². The van der Waals surface area contributed by atoms with Crippen molar-refractivity contribution in [3.05, 3.63) is 53.9 Å². The van der Waals surface area contributed by atoms with Gasteiger partial charge in [-0.05, 0) is 5.56 Å². The number of aromatic nitrogens is 2. The fraction of sp³-hybridized carbons (Fsp3) is 0.154. The molecule has 19 heavy (non-hydrogen) atoms. The summed E-state index contributed by atoms with van der Waals surface area (Å²) < 4.78 is 0. The highest BCUT2D eigenvalue weighted by Crippen LogP contribution is 2.16. The third-order valence-electron chi connectivity index (χ3n) is 2.70. The molecular weight excluding hydrogens is 260 g/mol. The van der Waals surface area contributed by atoms with Gasteiger partial charge in [-0.1, -0.05) is 42.5 Å². The van der Waals surface area contributed by atoms with Crippen LogP contribution in [-0.4, -0.2) is 21.1 Å². The molecule has 2 aromatic rings. The summed E-state index contributed by atoms with van der Waals surface area (Å²) in [5, 5.41) is 9.30. The highest BCUT2D eigenvalue weighted by atomic mass is 32.1. The number of nitrogens with one attached hydrogen (secondary N) is 2. The molecule has 1 aromatic carbocycles. The van der Waals surface area contributed by atoms with Crippen LogP contribution in [0.3, 0.4) is 0 Å². The van der Waals surface area contributed by atoms with E-state index in [9.17, 15) is 4.79 Å². The number of thiocarbonyl (C=S) groups is 1. The van der Waals surface area contributed by atoms with Crippen molar-refractivity contribution in [1.29, 1.82) is 0 Å². The second kappa shape index (κ2) is 6.10. The van der Waals surface area contributed by atoms with E-state index in [1.807, 2.05) is 30.3 Å². The molecule has 1 unspecified atom stereocenters. The third-order valence-corrected chi connectivity index (χ3v) is 2.94. The Morgan fingerprint density at radius 1 is 1.42 bits per heavy atom. The quantitative estimate of drug-likeness (QED) is 0.713. The zero-order valence-corrected chi connectivity index (χ0v) is 11.0. The average Bonchev–Trinajstić information content (AvgIpc) is 2.90. The van der Waals surface area contributed by atoms with E-state index in [4.69, 9.17) is 18.0 Å². The molecule has 0 aliphatic carbocycles. The number of carbonyl (C=O) groups is 1. The zero-order valence-electron chi connectivity index (χ0n) is 10.2. The minimum Gasteiger partial charge on any atom is -0.392 e. The molecule has 0 saturated heterocycles. The van der Waals surface area contributed by atoms with E-state index in [0.29, 0.717) is 6.54 Å². The number of nitrogens with two attached hydrogens (primary N) is 1. The molecule has 0 radical (unpaired) electrons. The van der Waals surface area contributed by atoms with Crippen molar-refractivity contribution < 1.29 is 4.79 Å². The van der Waals surface area contributed by atoms with Gasteiger partial charge >= 0.3 is 0 Å². The number of carbonyl (C=O) groups excluding carboxylic acids is 1. The van der Waals surface area contributed by atoms with Gasteiger partial charge in [0, 0.05) is 18.3 Å². The summed E-state index contributed by atoms with van der Waals surface area (Å²) in [4.78, 5) is 12.3. The molecule has 0 saturated carbocycles. The predicted molar refractivity (Wildman–Crippen MR) is 76.4 cm³/mol. The highest BCUT2D eigenvalue weighted by Gasteiger charge is 2.22. The molecule has 1 heterocycles. The molecule has 6 heteroatoms. The van der Waals surface area contributed by atoms with Crippen LogP contribution >= 0.6 is 12.2 Å². The zero-order chi connectivity index (χ0) is 13.7. The minimum absolute atomic E-state index is 0.163. The molecule has 98 valence electrons. The van der Waals surface area contributed by atoms with Crippen LogP contribution in [0.1, 0.15) is 17.0 Å². The maximum absolute atomic E-state index is 12.2. The molecule has 2 rings (SSSR count). The summed E-state index contributed by atoms with van der Waals surface area (Å²) in [5.74, 6) is -0.817. The third kappa shape index (κ3) is 3.38. The Hall–Kier alpha value is -2.21. The van der Waals surface area contributed by atoms with Crippen LogP contribution in [0.2, 0.25) is 0 Å². The summed E-state index contributed by atoms with van der Waals surface area (Å²) in [6.45, 7) is 0.390. The lowest BCUT2D eigenvalue weighted by molar-refractivity contribution is -0.121. The van der Waals surface area contributed by atoms with Gasteiger partial charge in [0.25, 0.3) is 0 Å². The Balaban J connectivity index is 2.07. The molecule has 0 aliphatic heterocycles. The SMILES string of the molecule is NC(=S)C(C(=O)NCc1cn[nH]c1)c1ccccc1. The lowest BCUT2D eigenvalue weighted by Crippen LogP contribution is -2.35. The predicted octanol–water partition coefficient (Wildman–Crippen LogP) is 1.10. The molecule has 4 N–H and O–H groups in total. The number of aromatic amines is 1. The van der Waals surface area contributed by atoms with Gasteiger partial charge in [-0.25, -0.2) is 0 Å². The molecule has 1 atom stereocenters. The Labute approximate surface area is 116 Å². The molecular formula is C13H14N4OS. The van der Waals surface area contributed by atoms with Crippen LogP contribution in [0.15, 0.2) is 42.7 Å². The standard InChI is InChI=1S/C13H14N4OS/c14-12(19)11(10-4-2-1-3-5-10)13(18)15-6-9-7-16-17-8-9/h1-5,7-8,11H,6H2,(H2,14,19)(H,15,18)(H,16,17). The van der Waals surface area contributed by atoms with Crippen LogP contribution in [-0.2, 0) is 11.3 Å². The largest absolute Gasteiger partial charge is 0.392 e. The van der Waals surface area contributed by atoms with E-state index >= 15 is 0 Å². The van der Waals surface area contributed by atoms with Crippen LogP contribution in [0, 0.1) is 0 Å². The summed E-state index contributed by atoms with van der Waals surface area (Å²) in [7, 11) is 0. The highest BCUT2D eigenvalue weighted by molar-refractivity contribution is 7.80. The van der Waals surface area contributed by atoms with Crippen LogP contribution in [0.5, 0.6) is 0 Å². The first-order chi connectivity index (χ1) is 9.18. The van der Waals surface area contributed by atoms with Crippen LogP contribution < -0.4 is 11.1 Å². The van der Waals surface area contributed by atoms with Crippen molar-refractivity contribution in [3.63, 3.8) is 0 Å². The van der Waals surface area contributed by atoms with E-state index in [-0.39, 0.29) is 10.9 Å². The number of benzene rings is 1. The molecule has 5 nitrogen and oxygen atoms in total. The van der Waals surface area contributed by atoms with Gasteiger partial charge in [0.05, 0.1) is 11.2 Å². The first-order valence-corrected chi connectivity index (χ1v) is 6.19. The number of hydrogen-bond donors (Lipinski definition) is 3. The number of amides is 1. The summed E-state index contributed by atoms with van der Waals surface area (Å²) in [6, 6.07) is 9.25. The Morgan fingerprint density at radius 3 is 2.74 bits per heavy atom. The molecule has 0 spiro atoms. The van der Waals surface area contributed by atoms with Crippen molar-refractivity contribution in [1.82, 2.24) is 15.5 Å². The maximum atomic E-state index is 12.2. The fourth-order valence-electron chi connectivity index (χ4n) is 1.76. The van der Waals surface area contributed by atoms with Gasteiger partial charge < -0.3 is 11.1 Å². The Kier molecular flexibility index (Phi) is 4.25. The normalized spacial score (nSPS) is 11.8. The molecule has 1 aromatic heterocycles. The lowest BCUT2D eigenvalue weighted by atomic mass is 9.98. The van der Waals surface area contributed by atoms with Crippen LogP contribution in [0.4, 0.5) is 0 Å². The molecule has 0 fully saturated rings. The fourth-order valence-corrected chi connectivity index (χ4v) is 2.00. The average molecular weight is 274 g/mol. The second-order valence-corrected chi connectivity index (χ2v) is 4.54. The minimum atomic E-state index is -0.608.